The highest BCUT2D eigenvalue weighted by Crippen LogP contribution is 2.25. The zero-order valence-corrected chi connectivity index (χ0v) is 11.0. The first-order valence-corrected chi connectivity index (χ1v) is 6.56. The molecule has 0 bridgehead atoms. The van der Waals surface area contributed by atoms with Crippen molar-refractivity contribution < 1.29 is 0 Å². The Morgan fingerprint density at radius 3 is 2.41 bits per heavy atom. The lowest BCUT2D eigenvalue weighted by molar-refractivity contribution is 0.747. The lowest BCUT2D eigenvalue weighted by atomic mass is 10.2. The molecule has 0 aliphatic heterocycles. The Morgan fingerprint density at radius 2 is 1.76 bits per heavy atom. The fourth-order valence-electron chi connectivity index (χ4n) is 2.37. The monoisotopic (exact) mass is 234 g/mol. The van der Waals surface area contributed by atoms with Gasteiger partial charge in [0.25, 0.3) is 0 Å². The molecule has 1 fully saturated rings. The number of aryl methyl sites for hydroxylation is 1. The highest BCUT2D eigenvalue weighted by Gasteiger charge is 2.17. The summed E-state index contributed by atoms with van der Waals surface area (Å²) in [6.07, 6.45) is 5.19. The van der Waals surface area contributed by atoms with Crippen LogP contribution in [-0.2, 0) is 0 Å². The fourth-order valence-corrected chi connectivity index (χ4v) is 2.37. The van der Waals surface area contributed by atoms with Crippen LogP contribution in [0.25, 0.3) is 0 Å². The van der Waals surface area contributed by atoms with Crippen LogP contribution in [-0.4, -0.2) is 22.6 Å². The van der Waals surface area contributed by atoms with E-state index < -0.39 is 0 Å². The van der Waals surface area contributed by atoms with E-state index in [0.717, 1.165) is 29.6 Å². The molecule has 0 amide bonds. The second-order valence-electron chi connectivity index (χ2n) is 4.75. The van der Waals surface area contributed by atoms with Crippen molar-refractivity contribution in [3.8, 4) is 0 Å². The number of nitrogens with zero attached hydrogens (tertiary/aromatic N) is 2. The number of hydrogen-bond acceptors (Lipinski definition) is 4. The molecule has 0 aromatic carbocycles. The number of nitrogens with one attached hydrogen (secondary N) is 2. The predicted octanol–water partition coefficient (Wildman–Crippen LogP) is 2.88. The van der Waals surface area contributed by atoms with E-state index in [9.17, 15) is 0 Å². The molecule has 2 N–H and O–H groups in total. The molecule has 0 atom stereocenters. The molecule has 1 saturated carbocycles. The summed E-state index contributed by atoms with van der Waals surface area (Å²) in [5.41, 5.74) is 1.13. The zero-order valence-electron chi connectivity index (χ0n) is 11.0. The highest BCUT2D eigenvalue weighted by atomic mass is 15.1. The Morgan fingerprint density at radius 1 is 1.12 bits per heavy atom. The third kappa shape index (κ3) is 2.87. The first-order chi connectivity index (χ1) is 8.20. The summed E-state index contributed by atoms with van der Waals surface area (Å²) in [5.74, 6) is 2.79. The molecule has 2 rings (SSSR count). The molecule has 1 aliphatic rings. The van der Waals surface area contributed by atoms with Crippen molar-refractivity contribution in [3.05, 3.63) is 11.4 Å². The summed E-state index contributed by atoms with van der Waals surface area (Å²) in [5, 5.41) is 6.85. The fraction of sp³-hybridized carbons (Fsp3) is 0.692. The normalized spacial score (nSPS) is 16.2. The van der Waals surface area contributed by atoms with Crippen molar-refractivity contribution in [3.63, 3.8) is 0 Å². The molecule has 1 aliphatic carbocycles. The molecule has 0 spiro atoms. The summed E-state index contributed by atoms with van der Waals surface area (Å²) < 4.78 is 0. The largest absolute Gasteiger partial charge is 0.370 e. The summed E-state index contributed by atoms with van der Waals surface area (Å²) >= 11 is 0. The van der Waals surface area contributed by atoms with Gasteiger partial charge in [-0.05, 0) is 33.6 Å². The average molecular weight is 234 g/mol. The van der Waals surface area contributed by atoms with Crippen molar-refractivity contribution in [2.24, 2.45) is 0 Å². The van der Waals surface area contributed by atoms with Crippen molar-refractivity contribution in [1.29, 1.82) is 0 Å². The van der Waals surface area contributed by atoms with Gasteiger partial charge in [-0.3, -0.25) is 0 Å². The number of hydrogen-bond donors (Lipinski definition) is 2. The third-order valence-electron chi connectivity index (χ3n) is 3.30. The summed E-state index contributed by atoms with van der Waals surface area (Å²) in [4.78, 5) is 8.95. The molecule has 0 saturated heterocycles. The van der Waals surface area contributed by atoms with E-state index in [1.165, 1.54) is 25.7 Å². The van der Waals surface area contributed by atoms with Gasteiger partial charge >= 0.3 is 0 Å². The molecule has 0 radical (unpaired) electrons. The first-order valence-electron chi connectivity index (χ1n) is 6.56. The van der Waals surface area contributed by atoms with E-state index in [1.54, 1.807) is 0 Å². The van der Waals surface area contributed by atoms with Crippen molar-refractivity contribution >= 4 is 11.6 Å². The SMILES string of the molecule is CCNc1nc(C)nc(NC2CCCC2)c1C. The highest BCUT2D eigenvalue weighted by molar-refractivity contribution is 5.57. The van der Waals surface area contributed by atoms with E-state index in [1.807, 2.05) is 6.92 Å². The smallest absolute Gasteiger partial charge is 0.134 e. The van der Waals surface area contributed by atoms with E-state index in [0.29, 0.717) is 6.04 Å². The van der Waals surface area contributed by atoms with Gasteiger partial charge in [0.1, 0.15) is 17.5 Å². The predicted molar refractivity (Wildman–Crippen MR) is 71.5 cm³/mol. The summed E-state index contributed by atoms with van der Waals surface area (Å²) in [6.45, 7) is 7.00. The van der Waals surface area contributed by atoms with E-state index >= 15 is 0 Å². The number of anilines is 2. The van der Waals surface area contributed by atoms with Crippen LogP contribution in [0, 0.1) is 13.8 Å². The van der Waals surface area contributed by atoms with Gasteiger partial charge in [0.15, 0.2) is 0 Å². The zero-order chi connectivity index (χ0) is 12.3. The Labute approximate surface area is 103 Å². The Balaban J connectivity index is 2.19. The Kier molecular flexibility index (Phi) is 3.82. The van der Waals surface area contributed by atoms with Crippen LogP contribution in [0.15, 0.2) is 0 Å². The summed E-state index contributed by atoms with van der Waals surface area (Å²) in [7, 11) is 0. The van der Waals surface area contributed by atoms with E-state index in [4.69, 9.17) is 0 Å². The van der Waals surface area contributed by atoms with Gasteiger partial charge in [0.05, 0.1) is 0 Å². The first kappa shape index (κ1) is 12.1. The van der Waals surface area contributed by atoms with Crippen LogP contribution in [0.1, 0.15) is 44.0 Å². The average Bonchev–Trinajstić information content (AvgIpc) is 2.78. The van der Waals surface area contributed by atoms with Gasteiger partial charge in [-0.15, -0.1) is 0 Å². The van der Waals surface area contributed by atoms with Gasteiger partial charge in [-0.25, -0.2) is 9.97 Å². The molecule has 94 valence electrons. The molecule has 1 heterocycles. The lowest BCUT2D eigenvalue weighted by Gasteiger charge is -2.17. The van der Waals surface area contributed by atoms with Crippen molar-refractivity contribution in [1.82, 2.24) is 9.97 Å². The van der Waals surface area contributed by atoms with Crippen LogP contribution in [0.3, 0.4) is 0 Å². The molecule has 4 heteroatoms. The maximum Gasteiger partial charge on any atom is 0.134 e. The molecular weight excluding hydrogens is 212 g/mol. The van der Waals surface area contributed by atoms with Crippen LogP contribution >= 0.6 is 0 Å². The van der Waals surface area contributed by atoms with Gasteiger partial charge in [-0.2, -0.15) is 0 Å². The standard InChI is InChI=1S/C13H22N4/c1-4-14-12-9(2)13(16-10(3)15-12)17-11-7-5-6-8-11/h11H,4-8H2,1-3H3,(H2,14,15,16,17). The molecule has 1 aromatic heterocycles. The summed E-state index contributed by atoms with van der Waals surface area (Å²) in [6, 6.07) is 0.595. The van der Waals surface area contributed by atoms with E-state index in [2.05, 4.69) is 34.4 Å². The number of rotatable bonds is 4. The molecule has 1 aromatic rings. The topological polar surface area (TPSA) is 49.8 Å². The molecule has 4 nitrogen and oxygen atoms in total. The minimum Gasteiger partial charge on any atom is -0.370 e. The Hall–Kier alpha value is -1.32. The maximum atomic E-state index is 4.52. The van der Waals surface area contributed by atoms with Crippen LogP contribution in [0.5, 0.6) is 0 Å². The van der Waals surface area contributed by atoms with E-state index in [-0.39, 0.29) is 0 Å². The second-order valence-corrected chi connectivity index (χ2v) is 4.75. The number of aromatic nitrogens is 2. The van der Waals surface area contributed by atoms with Gasteiger partial charge in [0.2, 0.25) is 0 Å². The molecular formula is C13H22N4. The quantitative estimate of drug-likeness (QED) is 0.841. The van der Waals surface area contributed by atoms with Crippen molar-refractivity contribution in [2.45, 2.75) is 52.5 Å². The van der Waals surface area contributed by atoms with Crippen molar-refractivity contribution in [2.75, 3.05) is 17.2 Å². The van der Waals surface area contributed by atoms with Gasteiger partial charge in [0, 0.05) is 18.2 Å². The minimum absolute atomic E-state index is 0.595. The lowest BCUT2D eigenvalue weighted by Crippen LogP contribution is -2.18. The van der Waals surface area contributed by atoms with Gasteiger partial charge < -0.3 is 10.6 Å². The third-order valence-corrected chi connectivity index (χ3v) is 3.30. The second kappa shape index (κ2) is 5.34. The Bertz CT molecular complexity index is 383. The van der Waals surface area contributed by atoms with Crippen LogP contribution in [0.4, 0.5) is 11.6 Å². The van der Waals surface area contributed by atoms with Crippen LogP contribution in [0.2, 0.25) is 0 Å². The van der Waals surface area contributed by atoms with Crippen LogP contribution < -0.4 is 10.6 Å². The molecule has 0 unspecified atom stereocenters. The maximum absolute atomic E-state index is 4.52. The minimum atomic E-state index is 0.595. The molecule has 17 heavy (non-hydrogen) atoms. The van der Waals surface area contributed by atoms with Gasteiger partial charge in [-0.1, -0.05) is 12.8 Å².